The Morgan fingerprint density at radius 3 is 2.57 bits per heavy atom. The summed E-state index contributed by atoms with van der Waals surface area (Å²) in [6, 6.07) is 7.80. The number of piperidine rings is 1. The molecule has 1 saturated heterocycles. The first-order valence-electron chi connectivity index (χ1n) is 7.51. The predicted octanol–water partition coefficient (Wildman–Crippen LogP) is 3.07. The summed E-state index contributed by atoms with van der Waals surface area (Å²) in [6.45, 7) is 6.98. The molecule has 1 aliphatic heterocycles. The van der Waals surface area contributed by atoms with Crippen LogP contribution in [0.15, 0.2) is 28.7 Å². The number of carbonyl (C=O) groups excluding carboxylic acids is 1. The van der Waals surface area contributed by atoms with Gasteiger partial charge in [0.2, 0.25) is 5.91 Å². The molecule has 4 nitrogen and oxygen atoms in total. The topological polar surface area (TPSA) is 58.4 Å². The third kappa shape index (κ3) is 5.91. The summed E-state index contributed by atoms with van der Waals surface area (Å²) < 4.78 is 0.980. The summed E-state index contributed by atoms with van der Waals surface area (Å²) in [5.74, 6) is -0.104. The van der Waals surface area contributed by atoms with Crippen molar-refractivity contribution < 1.29 is 4.79 Å². The summed E-state index contributed by atoms with van der Waals surface area (Å²) in [5.41, 5.74) is 6.10. The summed E-state index contributed by atoms with van der Waals surface area (Å²) in [6.07, 6.45) is 2.15. The van der Waals surface area contributed by atoms with Crippen molar-refractivity contribution in [2.45, 2.75) is 38.3 Å². The first-order valence-corrected chi connectivity index (χ1v) is 8.31. The molecule has 2 unspecified atom stereocenters. The standard InChI is InChI=1S/C16H24BrN3O.2ClH/c1-3-20-10-4-5-14(11-20)19-15(21)16(2,18)12-6-8-13(17)9-7-12;;/h6-9,14H,3-5,10-11,18H2,1-2H3,(H,19,21);2*1H. The maximum Gasteiger partial charge on any atom is 0.244 e. The number of benzene rings is 1. The van der Waals surface area contributed by atoms with Gasteiger partial charge in [0.1, 0.15) is 5.54 Å². The highest BCUT2D eigenvalue weighted by Gasteiger charge is 2.32. The van der Waals surface area contributed by atoms with Crippen LogP contribution in [0.5, 0.6) is 0 Å². The number of rotatable bonds is 4. The largest absolute Gasteiger partial charge is 0.350 e. The zero-order valence-corrected chi connectivity index (χ0v) is 16.8. The normalized spacial score (nSPS) is 20.6. The van der Waals surface area contributed by atoms with Gasteiger partial charge in [-0.2, -0.15) is 0 Å². The first kappa shape index (κ1) is 22.7. The number of likely N-dealkylation sites (N-methyl/N-ethyl adjacent to an activating group) is 1. The molecule has 1 aromatic carbocycles. The number of halogens is 3. The molecule has 1 aliphatic rings. The van der Waals surface area contributed by atoms with Crippen molar-refractivity contribution in [2.24, 2.45) is 5.73 Å². The van der Waals surface area contributed by atoms with Crippen LogP contribution in [0, 0.1) is 0 Å². The Bertz CT molecular complexity index is 497. The molecule has 0 spiro atoms. The highest BCUT2D eigenvalue weighted by Crippen LogP contribution is 2.21. The van der Waals surface area contributed by atoms with Crippen LogP contribution in [0.3, 0.4) is 0 Å². The van der Waals surface area contributed by atoms with Crippen LogP contribution in [-0.4, -0.2) is 36.5 Å². The second-order valence-electron chi connectivity index (χ2n) is 5.92. The van der Waals surface area contributed by atoms with E-state index < -0.39 is 5.54 Å². The maximum absolute atomic E-state index is 12.5. The number of nitrogens with zero attached hydrogens (tertiary/aromatic N) is 1. The summed E-state index contributed by atoms with van der Waals surface area (Å²) in [4.78, 5) is 14.9. The number of hydrogen-bond donors (Lipinski definition) is 2. The zero-order chi connectivity index (χ0) is 15.5. The van der Waals surface area contributed by atoms with Crippen LogP contribution in [0.1, 0.15) is 32.3 Å². The lowest BCUT2D eigenvalue weighted by molar-refractivity contribution is -0.127. The minimum atomic E-state index is -1.00. The van der Waals surface area contributed by atoms with E-state index in [0.717, 1.165) is 42.5 Å². The lowest BCUT2D eigenvalue weighted by Gasteiger charge is -2.34. The highest BCUT2D eigenvalue weighted by molar-refractivity contribution is 9.10. The van der Waals surface area contributed by atoms with Crippen LogP contribution in [0.4, 0.5) is 0 Å². The third-order valence-electron chi connectivity index (χ3n) is 4.20. The Balaban J connectivity index is 0.00000242. The fourth-order valence-corrected chi connectivity index (χ4v) is 2.99. The lowest BCUT2D eigenvalue weighted by atomic mass is 9.91. The average molecular weight is 427 g/mol. The van der Waals surface area contributed by atoms with Crippen molar-refractivity contribution in [3.8, 4) is 0 Å². The van der Waals surface area contributed by atoms with Gasteiger partial charge in [-0.3, -0.25) is 4.79 Å². The van der Waals surface area contributed by atoms with E-state index in [1.165, 1.54) is 0 Å². The van der Waals surface area contributed by atoms with Crippen molar-refractivity contribution >= 4 is 46.7 Å². The number of hydrogen-bond acceptors (Lipinski definition) is 3. The van der Waals surface area contributed by atoms with E-state index in [2.05, 4.69) is 33.1 Å². The van der Waals surface area contributed by atoms with Crippen molar-refractivity contribution in [3.05, 3.63) is 34.3 Å². The number of carbonyl (C=O) groups is 1. The minimum Gasteiger partial charge on any atom is -0.350 e. The van der Waals surface area contributed by atoms with E-state index >= 15 is 0 Å². The molecule has 1 heterocycles. The van der Waals surface area contributed by atoms with Crippen LogP contribution in [-0.2, 0) is 10.3 Å². The molecule has 0 saturated carbocycles. The molecule has 0 aromatic heterocycles. The fraction of sp³-hybridized carbons (Fsp3) is 0.562. The van der Waals surface area contributed by atoms with Gasteiger partial charge >= 0.3 is 0 Å². The number of nitrogens with one attached hydrogen (secondary N) is 1. The predicted molar refractivity (Wildman–Crippen MR) is 103 cm³/mol. The van der Waals surface area contributed by atoms with E-state index in [-0.39, 0.29) is 36.8 Å². The highest BCUT2D eigenvalue weighted by atomic mass is 79.9. The van der Waals surface area contributed by atoms with Crippen LogP contribution >= 0.6 is 40.7 Å². The third-order valence-corrected chi connectivity index (χ3v) is 4.73. The Labute approximate surface area is 159 Å². The molecule has 1 amide bonds. The SMILES string of the molecule is CCN1CCCC(NC(=O)C(C)(N)c2ccc(Br)cc2)C1.Cl.Cl. The molecular weight excluding hydrogens is 401 g/mol. The molecule has 3 N–H and O–H groups in total. The minimum absolute atomic E-state index is 0. The van der Waals surface area contributed by atoms with Crippen molar-refractivity contribution in [1.82, 2.24) is 10.2 Å². The maximum atomic E-state index is 12.5. The first-order chi connectivity index (χ1) is 9.93. The monoisotopic (exact) mass is 425 g/mol. The number of nitrogens with two attached hydrogens (primary N) is 1. The van der Waals surface area contributed by atoms with Gasteiger partial charge in [-0.05, 0) is 50.6 Å². The van der Waals surface area contributed by atoms with E-state index in [4.69, 9.17) is 5.73 Å². The van der Waals surface area contributed by atoms with E-state index in [1.54, 1.807) is 6.92 Å². The summed E-state index contributed by atoms with van der Waals surface area (Å²) in [5, 5.41) is 3.12. The Kier molecular flexibility index (Phi) is 9.70. The van der Waals surface area contributed by atoms with Gasteiger partial charge in [-0.1, -0.05) is 35.0 Å². The Hall–Kier alpha value is -0.330. The number of likely N-dealkylation sites (tertiary alicyclic amines) is 1. The van der Waals surface area contributed by atoms with E-state index in [0.29, 0.717) is 0 Å². The molecule has 0 bridgehead atoms. The summed E-state index contributed by atoms with van der Waals surface area (Å²) in [7, 11) is 0. The molecule has 1 aromatic rings. The second-order valence-corrected chi connectivity index (χ2v) is 6.83. The van der Waals surface area contributed by atoms with Gasteiger partial charge in [-0.25, -0.2) is 0 Å². The van der Waals surface area contributed by atoms with Gasteiger partial charge in [0.25, 0.3) is 0 Å². The molecule has 1 fully saturated rings. The van der Waals surface area contributed by atoms with Crippen molar-refractivity contribution in [3.63, 3.8) is 0 Å². The molecular formula is C16H26BrCl2N3O. The van der Waals surface area contributed by atoms with E-state index in [9.17, 15) is 4.79 Å². The van der Waals surface area contributed by atoms with Gasteiger partial charge in [0.15, 0.2) is 0 Å². The molecule has 0 radical (unpaired) electrons. The molecule has 2 rings (SSSR count). The van der Waals surface area contributed by atoms with E-state index in [1.807, 2.05) is 24.3 Å². The van der Waals surface area contributed by atoms with Crippen LogP contribution in [0.2, 0.25) is 0 Å². The lowest BCUT2D eigenvalue weighted by Crippen LogP contribution is -2.55. The van der Waals surface area contributed by atoms with Crippen molar-refractivity contribution in [2.75, 3.05) is 19.6 Å². The van der Waals surface area contributed by atoms with Crippen LogP contribution < -0.4 is 11.1 Å². The zero-order valence-electron chi connectivity index (χ0n) is 13.5. The smallest absolute Gasteiger partial charge is 0.244 e. The average Bonchev–Trinajstić information content (AvgIpc) is 2.48. The van der Waals surface area contributed by atoms with Crippen LogP contribution in [0.25, 0.3) is 0 Å². The molecule has 132 valence electrons. The molecule has 23 heavy (non-hydrogen) atoms. The molecule has 2 atom stereocenters. The Morgan fingerprint density at radius 2 is 2.00 bits per heavy atom. The van der Waals surface area contributed by atoms with Gasteiger partial charge < -0.3 is 16.0 Å². The van der Waals surface area contributed by atoms with Gasteiger partial charge in [0, 0.05) is 17.1 Å². The van der Waals surface area contributed by atoms with Crippen molar-refractivity contribution in [1.29, 1.82) is 0 Å². The number of amides is 1. The quantitative estimate of drug-likeness (QED) is 0.777. The van der Waals surface area contributed by atoms with Gasteiger partial charge in [-0.15, -0.1) is 24.8 Å². The Morgan fingerprint density at radius 1 is 1.39 bits per heavy atom. The molecule has 0 aliphatic carbocycles. The second kappa shape index (κ2) is 9.84. The summed E-state index contributed by atoms with van der Waals surface area (Å²) >= 11 is 3.40. The van der Waals surface area contributed by atoms with Gasteiger partial charge in [0.05, 0.1) is 0 Å². The fourth-order valence-electron chi connectivity index (χ4n) is 2.72. The molecule has 7 heteroatoms.